The van der Waals surface area contributed by atoms with E-state index in [0.717, 1.165) is 11.1 Å². The van der Waals surface area contributed by atoms with Crippen LogP contribution in [0.3, 0.4) is 0 Å². The summed E-state index contributed by atoms with van der Waals surface area (Å²) in [6.07, 6.45) is 0.332. The SMILES string of the molecule is CCOCCOC(=O)Cc1ccccc1C. The second-order valence-corrected chi connectivity index (χ2v) is 3.52. The number of hydrogen-bond acceptors (Lipinski definition) is 3. The molecule has 16 heavy (non-hydrogen) atoms. The minimum atomic E-state index is -0.200. The molecule has 1 aromatic carbocycles. The predicted octanol–water partition coefficient (Wildman–Crippen LogP) is 2.12. The molecule has 0 radical (unpaired) electrons. The van der Waals surface area contributed by atoms with Crippen LogP contribution in [0.4, 0.5) is 0 Å². The van der Waals surface area contributed by atoms with Crippen molar-refractivity contribution < 1.29 is 14.3 Å². The fourth-order valence-corrected chi connectivity index (χ4v) is 1.37. The zero-order chi connectivity index (χ0) is 11.8. The van der Waals surface area contributed by atoms with Crippen molar-refractivity contribution in [2.45, 2.75) is 20.3 Å². The zero-order valence-electron chi connectivity index (χ0n) is 9.86. The normalized spacial score (nSPS) is 10.1. The predicted molar refractivity (Wildman–Crippen MR) is 62.3 cm³/mol. The second kappa shape index (κ2) is 7.01. The van der Waals surface area contributed by atoms with Crippen molar-refractivity contribution in [3.8, 4) is 0 Å². The maximum absolute atomic E-state index is 11.5. The number of hydrogen-bond donors (Lipinski definition) is 0. The third-order valence-electron chi connectivity index (χ3n) is 2.29. The van der Waals surface area contributed by atoms with Crippen molar-refractivity contribution in [2.75, 3.05) is 19.8 Å². The fourth-order valence-electron chi connectivity index (χ4n) is 1.37. The van der Waals surface area contributed by atoms with Gasteiger partial charge in [0.2, 0.25) is 0 Å². The van der Waals surface area contributed by atoms with Crippen LogP contribution in [0, 0.1) is 6.92 Å². The molecule has 0 unspecified atom stereocenters. The lowest BCUT2D eigenvalue weighted by Gasteiger charge is -2.06. The summed E-state index contributed by atoms with van der Waals surface area (Å²) in [6, 6.07) is 7.82. The summed E-state index contributed by atoms with van der Waals surface area (Å²) >= 11 is 0. The number of esters is 1. The highest BCUT2D eigenvalue weighted by Crippen LogP contribution is 2.08. The molecule has 0 N–H and O–H groups in total. The number of rotatable bonds is 6. The van der Waals surface area contributed by atoms with E-state index < -0.39 is 0 Å². The van der Waals surface area contributed by atoms with E-state index in [4.69, 9.17) is 9.47 Å². The molecule has 0 fully saturated rings. The first-order valence-corrected chi connectivity index (χ1v) is 5.52. The quantitative estimate of drug-likeness (QED) is 0.546. The maximum Gasteiger partial charge on any atom is 0.310 e. The van der Waals surface area contributed by atoms with Crippen LogP contribution in [0.25, 0.3) is 0 Å². The summed E-state index contributed by atoms with van der Waals surface area (Å²) in [7, 11) is 0. The number of carbonyl (C=O) groups excluding carboxylic acids is 1. The highest BCUT2D eigenvalue weighted by Gasteiger charge is 2.06. The Balaban J connectivity index is 2.32. The van der Waals surface area contributed by atoms with E-state index in [1.165, 1.54) is 0 Å². The first kappa shape index (κ1) is 12.7. The summed E-state index contributed by atoms with van der Waals surface area (Å²) < 4.78 is 10.1. The van der Waals surface area contributed by atoms with Crippen LogP contribution in [0.5, 0.6) is 0 Å². The van der Waals surface area contributed by atoms with Gasteiger partial charge in [0.15, 0.2) is 0 Å². The van der Waals surface area contributed by atoms with Crippen LogP contribution in [0.15, 0.2) is 24.3 Å². The van der Waals surface area contributed by atoms with Gasteiger partial charge in [-0.15, -0.1) is 0 Å². The zero-order valence-corrected chi connectivity index (χ0v) is 9.86. The van der Waals surface area contributed by atoms with Crippen LogP contribution >= 0.6 is 0 Å². The standard InChI is InChI=1S/C13H18O3/c1-3-15-8-9-16-13(14)10-12-7-5-4-6-11(12)2/h4-7H,3,8-10H2,1-2H3. The molecule has 0 saturated heterocycles. The Bertz CT molecular complexity index is 334. The van der Waals surface area contributed by atoms with Crippen LogP contribution in [0.2, 0.25) is 0 Å². The summed E-state index contributed by atoms with van der Waals surface area (Å²) in [6.45, 7) is 5.35. The van der Waals surface area contributed by atoms with Crippen molar-refractivity contribution in [1.29, 1.82) is 0 Å². The van der Waals surface area contributed by atoms with E-state index in [0.29, 0.717) is 26.2 Å². The maximum atomic E-state index is 11.5. The van der Waals surface area contributed by atoms with Crippen molar-refractivity contribution in [3.63, 3.8) is 0 Å². The minimum Gasteiger partial charge on any atom is -0.463 e. The monoisotopic (exact) mass is 222 g/mol. The van der Waals surface area contributed by atoms with Crippen molar-refractivity contribution in [3.05, 3.63) is 35.4 Å². The van der Waals surface area contributed by atoms with E-state index >= 15 is 0 Å². The van der Waals surface area contributed by atoms with E-state index in [1.807, 2.05) is 38.1 Å². The Labute approximate surface area is 96.4 Å². The smallest absolute Gasteiger partial charge is 0.310 e. The van der Waals surface area contributed by atoms with E-state index in [2.05, 4.69) is 0 Å². The van der Waals surface area contributed by atoms with Crippen LogP contribution in [-0.4, -0.2) is 25.8 Å². The molecule has 0 atom stereocenters. The van der Waals surface area contributed by atoms with Crippen LogP contribution in [0.1, 0.15) is 18.1 Å². The van der Waals surface area contributed by atoms with Gasteiger partial charge in [0.1, 0.15) is 6.61 Å². The third kappa shape index (κ3) is 4.45. The van der Waals surface area contributed by atoms with Gasteiger partial charge in [-0.05, 0) is 25.0 Å². The van der Waals surface area contributed by atoms with Gasteiger partial charge in [-0.25, -0.2) is 0 Å². The van der Waals surface area contributed by atoms with Gasteiger partial charge in [0, 0.05) is 6.61 Å². The van der Waals surface area contributed by atoms with Gasteiger partial charge < -0.3 is 9.47 Å². The lowest BCUT2D eigenvalue weighted by Crippen LogP contribution is -2.13. The number of carbonyl (C=O) groups is 1. The van der Waals surface area contributed by atoms with Crippen LogP contribution < -0.4 is 0 Å². The van der Waals surface area contributed by atoms with E-state index in [9.17, 15) is 4.79 Å². The fraction of sp³-hybridized carbons (Fsp3) is 0.462. The summed E-state index contributed by atoms with van der Waals surface area (Å²) in [5.74, 6) is -0.200. The lowest BCUT2D eigenvalue weighted by molar-refractivity contribution is -0.144. The first-order valence-electron chi connectivity index (χ1n) is 5.52. The molecular formula is C13H18O3. The molecule has 0 aliphatic rings. The molecule has 0 aromatic heterocycles. The van der Waals surface area contributed by atoms with Gasteiger partial charge >= 0.3 is 5.97 Å². The average Bonchev–Trinajstić information content (AvgIpc) is 2.28. The highest BCUT2D eigenvalue weighted by atomic mass is 16.6. The second-order valence-electron chi connectivity index (χ2n) is 3.52. The lowest BCUT2D eigenvalue weighted by atomic mass is 10.1. The van der Waals surface area contributed by atoms with Gasteiger partial charge in [0.25, 0.3) is 0 Å². The molecule has 3 nitrogen and oxygen atoms in total. The van der Waals surface area contributed by atoms with Gasteiger partial charge in [0.05, 0.1) is 13.0 Å². The van der Waals surface area contributed by atoms with Crippen molar-refractivity contribution >= 4 is 5.97 Å². The Kier molecular flexibility index (Phi) is 5.57. The summed E-state index contributed by atoms with van der Waals surface area (Å²) in [4.78, 5) is 11.5. The topological polar surface area (TPSA) is 35.5 Å². The molecule has 0 bridgehead atoms. The Morgan fingerprint density at radius 2 is 2.00 bits per heavy atom. The molecule has 0 spiro atoms. The third-order valence-corrected chi connectivity index (χ3v) is 2.29. The molecule has 88 valence electrons. The molecular weight excluding hydrogens is 204 g/mol. The molecule has 1 rings (SSSR count). The van der Waals surface area contributed by atoms with Crippen molar-refractivity contribution in [2.24, 2.45) is 0 Å². The highest BCUT2D eigenvalue weighted by molar-refractivity contribution is 5.73. The van der Waals surface area contributed by atoms with Gasteiger partial charge in [-0.2, -0.15) is 0 Å². The largest absolute Gasteiger partial charge is 0.463 e. The Morgan fingerprint density at radius 3 is 2.69 bits per heavy atom. The van der Waals surface area contributed by atoms with Gasteiger partial charge in [-0.3, -0.25) is 4.79 Å². The molecule has 1 aromatic rings. The number of ether oxygens (including phenoxy) is 2. The molecule has 0 aliphatic carbocycles. The summed E-state index contributed by atoms with van der Waals surface area (Å²) in [5, 5.41) is 0. The molecule has 0 saturated carbocycles. The molecule has 0 amide bonds. The Hall–Kier alpha value is -1.35. The Morgan fingerprint density at radius 1 is 1.25 bits per heavy atom. The first-order chi connectivity index (χ1) is 7.74. The van der Waals surface area contributed by atoms with Crippen molar-refractivity contribution in [1.82, 2.24) is 0 Å². The summed E-state index contributed by atoms with van der Waals surface area (Å²) in [5.41, 5.74) is 2.13. The minimum absolute atomic E-state index is 0.200. The van der Waals surface area contributed by atoms with Gasteiger partial charge in [-0.1, -0.05) is 24.3 Å². The number of benzene rings is 1. The average molecular weight is 222 g/mol. The van der Waals surface area contributed by atoms with E-state index in [1.54, 1.807) is 0 Å². The number of aryl methyl sites for hydroxylation is 1. The van der Waals surface area contributed by atoms with Crippen LogP contribution in [-0.2, 0) is 20.7 Å². The molecule has 3 heteroatoms. The molecule has 0 aliphatic heterocycles. The van der Waals surface area contributed by atoms with E-state index in [-0.39, 0.29) is 5.97 Å². The molecule has 0 heterocycles.